The van der Waals surface area contributed by atoms with Crippen molar-refractivity contribution in [3.05, 3.63) is 77.5 Å². The number of anilines is 1. The van der Waals surface area contributed by atoms with E-state index in [9.17, 15) is 31.1 Å². The SMILES string of the molecule is CN1CCC[C@H]1C1=CC(CNC(=O)C(C)(C)F)=CN(c2ccc3c(c2)cc(-c2ccc(C(F)(F)F)cc2)n3C)C1C(F)F. The third kappa shape index (κ3) is 6.18. The van der Waals surface area contributed by atoms with Crippen LogP contribution in [0.4, 0.5) is 32.0 Å². The monoisotopic (exact) mass is 604 g/mol. The molecule has 1 unspecified atom stereocenters. The number of hydrogen-bond acceptors (Lipinski definition) is 3. The van der Waals surface area contributed by atoms with E-state index in [-0.39, 0.29) is 12.6 Å². The molecule has 5 nitrogen and oxygen atoms in total. The van der Waals surface area contributed by atoms with E-state index in [0.29, 0.717) is 34.5 Å². The number of hydrogen-bond donors (Lipinski definition) is 1. The molecule has 230 valence electrons. The number of amides is 1. The van der Waals surface area contributed by atoms with Crippen LogP contribution < -0.4 is 10.2 Å². The van der Waals surface area contributed by atoms with Crippen LogP contribution in [0.3, 0.4) is 0 Å². The van der Waals surface area contributed by atoms with Gasteiger partial charge < -0.3 is 14.8 Å². The van der Waals surface area contributed by atoms with E-state index < -0.39 is 35.8 Å². The van der Waals surface area contributed by atoms with Crippen molar-refractivity contribution in [3.63, 3.8) is 0 Å². The fourth-order valence-corrected chi connectivity index (χ4v) is 5.98. The zero-order valence-corrected chi connectivity index (χ0v) is 24.4. The Hall–Kier alpha value is -3.73. The number of likely N-dealkylation sites (tertiary alicyclic amines) is 1. The Labute approximate surface area is 246 Å². The lowest BCUT2D eigenvalue weighted by Gasteiger charge is -2.39. The molecule has 3 aromatic rings. The van der Waals surface area contributed by atoms with Crippen LogP contribution in [-0.2, 0) is 18.0 Å². The van der Waals surface area contributed by atoms with Gasteiger partial charge in [0.15, 0.2) is 5.67 Å². The molecule has 1 fully saturated rings. The van der Waals surface area contributed by atoms with Gasteiger partial charge in [0, 0.05) is 48.1 Å². The largest absolute Gasteiger partial charge is 0.416 e. The minimum atomic E-state index is -4.44. The van der Waals surface area contributed by atoms with Crippen molar-refractivity contribution in [1.29, 1.82) is 0 Å². The van der Waals surface area contributed by atoms with Crippen LogP contribution in [0.5, 0.6) is 0 Å². The molecule has 3 heterocycles. The summed E-state index contributed by atoms with van der Waals surface area (Å²) in [5, 5.41) is 3.30. The molecule has 0 radical (unpaired) electrons. The van der Waals surface area contributed by atoms with Crippen molar-refractivity contribution >= 4 is 22.5 Å². The molecule has 0 bridgehead atoms. The minimum Gasteiger partial charge on any atom is -0.349 e. The average Bonchev–Trinajstić information content (AvgIpc) is 3.52. The highest BCUT2D eigenvalue weighted by Gasteiger charge is 2.40. The van der Waals surface area contributed by atoms with E-state index in [1.54, 1.807) is 37.5 Å². The molecular weight excluding hydrogens is 570 g/mol. The van der Waals surface area contributed by atoms with Crippen LogP contribution in [0.2, 0.25) is 0 Å². The third-order valence-electron chi connectivity index (χ3n) is 8.27. The number of nitrogens with zero attached hydrogens (tertiary/aromatic N) is 3. The predicted octanol–water partition coefficient (Wildman–Crippen LogP) is 7.09. The number of carbonyl (C=O) groups is 1. The van der Waals surface area contributed by atoms with Gasteiger partial charge in [-0.25, -0.2) is 13.2 Å². The van der Waals surface area contributed by atoms with Gasteiger partial charge in [-0.15, -0.1) is 0 Å². The second-order valence-electron chi connectivity index (χ2n) is 11.7. The molecule has 0 aliphatic carbocycles. The van der Waals surface area contributed by atoms with Crippen LogP contribution in [-0.4, -0.2) is 59.7 Å². The molecular formula is C32H34F6N4O. The Bertz CT molecular complexity index is 1570. The molecule has 11 heteroatoms. The highest BCUT2D eigenvalue weighted by molar-refractivity contribution is 5.90. The number of aryl methyl sites for hydroxylation is 1. The summed E-state index contributed by atoms with van der Waals surface area (Å²) in [4.78, 5) is 15.8. The first-order valence-corrected chi connectivity index (χ1v) is 14.1. The molecule has 2 aromatic carbocycles. The smallest absolute Gasteiger partial charge is 0.349 e. The topological polar surface area (TPSA) is 40.5 Å². The van der Waals surface area contributed by atoms with Crippen molar-refractivity contribution in [2.75, 3.05) is 25.0 Å². The number of benzene rings is 2. The average molecular weight is 605 g/mol. The molecule has 2 aliphatic heterocycles. The van der Waals surface area contributed by atoms with Crippen molar-refractivity contribution in [3.8, 4) is 11.3 Å². The van der Waals surface area contributed by atoms with E-state index in [1.165, 1.54) is 17.0 Å². The summed E-state index contributed by atoms with van der Waals surface area (Å²) in [6.07, 6.45) is -2.32. The van der Waals surface area contributed by atoms with Crippen molar-refractivity contribution in [1.82, 2.24) is 14.8 Å². The van der Waals surface area contributed by atoms with E-state index in [4.69, 9.17) is 0 Å². The first kappa shape index (κ1) is 30.7. The fourth-order valence-electron chi connectivity index (χ4n) is 5.98. The maximum absolute atomic E-state index is 14.9. The Morgan fingerprint density at radius 3 is 2.30 bits per heavy atom. The van der Waals surface area contributed by atoms with E-state index in [0.717, 1.165) is 49.8 Å². The first-order valence-electron chi connectivity index (χ1n) is 14.1. The zero-order valence-electron chi connectivity index (χ0n) is 24.4. The van der Waals surface area contributed by atoms with E-state index in [2.05, 4.69) is 5.32 Å². The summed E-state index contributed by atoms with van der Waals surface area (Å²) in [5.41, 5.74) is 0.766. The molecule has 0 saturated carbocycles. The third-order valence-corrected chi connectivity index (χ3v) is 8.27. The maximum atomic E-state index is 14.9. The summed E-state index contributed by atoms with van der Waals surface area (Å²) < 4.78 is 85.0. The number of rotatable bonds is 7. The lowest BCUT2D eigenvalue weighted by atomic mass is 9.90. The summed E-state index contributed by atoms with van der Waals surface area (Å²) in [7, 11) is 3.69. The normalized spacial score (nSPS) is 20.1. The van der Waals surface area contributed by atoms with Gasteiger partial charge in [-0.2, -0.15) is 13.2 Å². The van der Waals surface area contributed by atoms with E-state index >= 15 is 0 Å². The summed E-state index contributed by atoms with van der Waals surface area (Å²) in [6.45, 7) is 3.04. The Morgan fingerprint density at radius 2 is 1.72 bits per heavy atom. The lowest BCUT2D eigenvalue weighted by Crippen LogP contribution is -2.47. The number of nitrogens with one attached hydrogen (secondary N) is 1. The molecule has 5 rings (SSSR count). The number of halogens is 6. The van der Waals surface area contributed by atoms with Crippen molar-refractivity contribution in [2.45, 2.75) is 57.0 Å². The second kappa shape index (κ2) is 11.4. The second-order valence-corrected chi connectivity index (χ2v) is 11.7. The predicted molar refractivity (Wildman–Crippen MR) is 156 cm³/mol. The minimum absolute atomic E-state index is 0.0375. The van der Waals surface area contributed by atoms with Gasteiger partial charge in [0.1, 0.15) is 6.04 Å². The number of alkyl halides is 6. The van der Waals surface area contributed by atoms with Crippen LogP contribution in [0.1, 0.15) is 32.3 Å². The highest BCUT2D eigenvalue weighted by Crippen LogP contribution is 2.38. The van der Waals surface area contributed by atoms with Gasteiger partial charge in [-0.05, 0) is 93.4 Å². The summed E-state index contributed by atoms with van der Waals surface area (Å²) >= 11 is 0. The molecule has 2 aliphatic rings. The molecule has 1 N–H and O–H groups in total. The van der Waals surface area contributed by atoms with Gasteiger partial charge in [0.05, 0.1) is 5.56 Å². The van der Waals surface area contributed by atoms with Crippen LogP contribution in [0, 0.1) is 0 Å². The molecule has 1 saturated heterocycles. The van der Waals surface area contributed by atoms with Gasteiger partial charge in [0.25, 0.3) is 12.3 Å². The molecule has 1 aromatic heterocycles. The zero-order chi connectivity index (χ0) is 31.3. The Kier molecular flexibility index (Phi) is 8.15. The summed E-state index contributed by atoms with van der Waals surface area (Å²) in [6, 6.07) is 10.5. The number of fused-ring (bicyclic) bond motifs is 1. The maximum Gasteiger partial charge on any atom is 0.416 e. The van der Waals surface area contributed by atoms with Crippen molar-refractivity contribution in [2.24, 2.45) is 7.05 Å². The van der Waals surface area contributed by atoms with Crippen molar-refractivity contribution < 1.29 is 31.1 Å². The van der Waals surface area contributed by atoms with Crippen LogP contribution >= 0.6 is 0 Å². The van der Waals surface area contributed by atoms with Gasteiger partial charge in [-0.3, -0.25) is 9.69 Å². The van der Waals surface area contributed by atoms with Gasteiger partial charge in [-0.1, -0.05) is 18.2 Å². The molecule has 0 spiro atoms. The number of aromatic nitrogens is 1. The van der Waals surface area contributed by atoms with Gasteiger partial charge in [0.2, 0.25) is 0 Å². The molecule has 43 heavy (non-hydrogen) atoms. The van der Waals surface area contributed by atoms with Crippen LogP contribution in [0.25, 0.3) is 22.2 Å². The van der Waals surface area contributed by atoms with E-state index in [1.807, 2.05) is 22.6 Å². The number of carbonyl (C=O) groups excluding carboxylic acids is 1. The molecule has 2 atom stereocenters. The highest BCUT2D eigenvalue weighted by atomic mass is 19.4. The summed E-state index contributed by atoms with van der Waals surface area (Å²) in [5.74, 6) is -0.801. The first-order chi connectivity index (χ1) is 20.1. The number of likely N-dealkylation sites (N-methyl/N-ethyl adjacent to an activating group) is 1. The van der Waals surface area contributed by atoms with Crippen LogP contribution in [0.15, 0.2) is 72.0 Å². The Balaban J connectivity index is 1.54. The lowest BCUT2D eigenvalue weighted by molar-refractivity contribution is -0.137. The van der Waals surface area contributed by atoms with Gasteiger partial charge >= 0.3 is 6.18 Å². The quantitative estimate of drug-likeness (QED) is 0.293. The fraction of sp³-hybridized carbons (Fsp3) is 0.406. The molecule has 1 amide bonds. The Morgan fingerprint density at radius 1 is 1.02 bits per heavy atom. The standard InChI is InChI=1S/C32H34F6N4O/c1-31(2,35)30(43)39-17-19-14-24(26-6-5-13-40(26)3)28(29(33)34)42(18-19)23-11-12-25-21(15-23)16-27(41(25)4)20-7-9-22(10-8-20)32(36,37)38/h7-12,14-16,18,26,28-29H,5-6,13,17H2,1-4H3,(H,39,43)/t26-,28?/m0/s1.